The summed E-state index contributed by atoms with van der Waals surface area (Å²) in [6.07, 6.45) is 1.92. The van der Waals surface area contributed by atoms with Crippen LogP contribution in [0.2, 0.25) is 0 Å². The molecule has 1 fully saturated rings. The molecule has 0 aromatic heterocycles. The maximum atomic E-state index is 14.2. The molecule has 0 radical (unpaired) electrons. The first-order chi connectivity index (χ1) is 11.9. The molecule has 1 atom stereocenters. The molecule has 2 N–H and O–H groups in total. The Kier molecular flexibility index (Phi) is 4.87. The molecule has 0 bridgehead atoms. The summed E-state index contributed by atoms with van der Waals surface area (Å²) in [5.74, 6) is -1.88. The Balaban J connectivity index is 1.81. The van der Waals surface area contributed by atoms with E-state index in [0.29, 0.717) is 11.5 Å². The SMILES string of the molecule is O=C(O)[C@@H](Cc1ccccc1)NS(=O)(=O)c1ccc(C2CC2)cc1F. The van der Waals surface area contributed by atoms with E-state index in [1.54, 1.807) is 36.4 Å². The average Bonchev–Trinajstić information content (AvgIpc) is 3.39. The molecule has 1 aliphatic rings. The topological polar surface area (TPSA) is 83.5 Å². The van der Waals surface area contributed by atoms with Gasteiger partial charge in [-0.25, -0.2) is 12.8 Å². The van der Waals surface area contributed by atoms with Crippen LogP contribution in [0.4, 0.5) is 4.39 Å². The van der Waals surface area contributed by atoms with Crippen molar-refractivity contribution < 1.29 is 22.7 Å². The minimum Gasteiger partial charge on any atom is -0.480 e. The third kappa shape index (κ3) is 4.24. The van der Waals surface area contributed by atoms with Crippen LogP contribution in [0, 0.1) is 5.82 Å². The van der Waals surface area contributed by atoms with Crippen LogP contribution in [0.25, 0.3) is 0 Å². The minimum atomic E-state index is -4.28. The molecular formula is C18H18FNO4S. The van der Waals surface area contributed by atoms with Gasteiger partial charge in [-0.05, 0) is 48.4 Å². The van der Waals surface area contributed by atoms with E-state index in [1.165, 1.54) is 12.1 Å². The summed E-state index contributed by atoms with van der Waals surface area (Å²) in [6.45, 7) is 0. The Bertz CT molecular complexity index is 879. The van der Waals surface area contributed by atoms with Crippen molar-refractivity contribution in [1.29, 1.82) is 0 Å². The van der Waals surface area contributed by atoms with Gasteiger partial charge in [0.15, 0.2) is 0 Å². The van der Waals surface area contributed by atoms with Gasteiger partial charge in [-0.1, -0.05) is 36.4 Å². The summed E-state index contributed by atoms with van der Waals surface area (Å²) < 4.78 is 41.2. The molecular weight excluding hydrogens is 345 g/mol. The van der Waals surface area contributed by atoms with Crippen LogP contribution in [0.1, 0.15) is 29.9 Å². The third-order valence-electron chi connectivity index (χ3n) is 4.17. The number of sulfonamides is 1. The van der Waals surface area contributed by atoms with Gasteiger partial charge in [-0.15, -0.1) is 0 Å². The molecule has 132 valence electrons. The highest BCUT2D eigenvalue weighted by Crippen LogP contribution is 2.40. The van der Waals surface area contributed by atoms with Gasteiger partial charge in [0.25, 0.3) is 0 Å². The summed E-state index contributed by atoms with van der Waals surface area (Å²) in [5, 5.41) is 9.32. The zero-order valence-corrected chi connectivity index (χ0v) is 14.2. The van der Waals surface area contributed by atoms with Crippen molar-refractivity contribution in [2.45, 2.75) is 36.1 Å². The number of rotatable bonds is 7. The van der Waals surface area contributed by atoms with Crippen molar-refractivity contribution >= 4 is 16.0 Å². The van der Waals surface area contributed by atoms with E-state index in [1.807, 2.05) is 0 Å². The number of nitrogens with one attached hydrogen (secondary N) is 1. The van der Waals surface area contributed by atoms with Crippen molar-refractivity contribution in [3.8, 4) is 0 Å². The Labute approximate surface area is 145 Å². The molecule has 25 heavy (non-hydrogen) atoms. The van der Waals surface area contributed by atoms with E-state index in [0.717, 1.165) is 18.4 Å². The number of carboxylic acid groups (broad SMARTS) is 1. The van der Waals surface area contributed by atoms with E-state index in [9.17, 15) is 22.7 Å². The van der Waals surface area contributed by atoms with Crippen molar-refractivity contribution in [2.24, 2.45) is 0 Å². The highest BCUT2D eigenvalue weighted by molar-refractivity contribution is 7.89. The summed E-state index contributed by atoms with van der Waals surface area (Å²) >= 11 is 0. The molecule has 0 aliphatic heterocycles. The smallest absolute Gasteiger partial charge is 0.322 e. The van der Waals surface area contributed by atoms with E-state index >= 15 is 0 Å². The van der Waals surface area contributed by atoms with Gasteiger partial charge in [0, 0.05) is 0 Å². The lowest BCUT2D eigenvalue weighted by molar-refractivity contribution is -0.138. The molecule has 0 heterocycles. The molecule has 2 aromatic carbocycles. The number of halogens is 1. The molecule has 0 spiro atoms. The molecule has 3 rings (SSSR count). The lowest BCUT2D eigenvalue weighted by Crippen LogP contribution is -2.42. The molecule has 0 unspecified atom stereocenters. The minimum absolute atomic E-state index is 0.0306. The van der Waals surface area contributed by atoms with E-state index in [2.05, 4.69) is 4.72 Å². The van der Waals surface area contributed by atoms with Crippen LogP contribution in [-0.4, -0.2) is 25.5 Å². The van der Waals surface area contributed by atoms with Gasteiger partial charge in [-0.2, -0.15) is 4.72 Å². The Morgan fingerprint density at radius 2 is 1.88 bits per heavy atom. The van der Waals surface area contributed by atoms with Crippen LogP contribution in [0.5, 0.6) is 0 Å². The highest BCUT2D eigenvalue weighted by atomic mass is 32.2. The first-order valence-electron chi connectivity index (χ1n) is 7.95. The van der Waals surface area contributed by atoms with Gasteiger partial charge in [0.05, 0.1) is 0 Å². The average molecular weight is 363 g/mol. The van der Waals surface area contributed by atoms with E-state index in [-0.39, 0.29) is 6.42 Å². The monoisotopic (exact) mass is 363 g/mol. The zero-order chi connectivity index (χ0) is 18.0. The molecule has 1 aliphatic carbocycles. The van der Waals surface area contributed by atoms with Crippen LogP contribution < -0.4 is 4.72 Å². The second kappa shape index (κ2) is 6.93. The largest absolute Gasteiger partial charge is 0.480 e. The fourth-order valence-corrected chi connectivity index (χ4v) is 3.93. The van der Waals surface area contributed by atoms with Gasteiger partial charge in [-0.3, -0.25) is 4.79 Å². The van der Waals surface area contributed by atoms with Crippen molar-refractivity contribution in [3.63, 3.8) is 0 Å². The van der Waals surface area contributed by atoms with Crippen molar-refractivity contribution in [1.82, 2.24) is 4.72 Å². The molecule has 1 saturated carbocycles. The quantitative estimate of drug-likeness (QED) is 0.792. The Morgan fingerprint density at radius 3 is 2.44 bits per heavy atom. The fourth-order valence-electron chi connectivity index (χ4n) is 2.69. The lowest BCUT2D eigenvalue weighted by Gasteiger charge is -2.15. The van der Waals surface area contributed by atoms with Crippen LogP contribution in [0.3, 0.4) is 0 Å². The highest BCUT2D eigenvalue weighted by Gasteiger charge is 2.29. The predicted molar refractivity (Wildman–Crippen MR) is 90.3 cm³/mol. The summed E-state index contributed by atoms with van der Waals surface area (Å²) in [7, 11) is -4.28. The standard InChI is InChI=1S/C18H18FNO4S/c19-15-11-14(13-6-7-13)8-9-17(15)25(23,24)20-16(18(21)22)10-12-4-2-1-3-5-12/h1-5,8-9,11,13,16,20H,6-7,10H2,(H,21,22)/t16-/m1/s1. The van der Waals surface area contributed by atoms with Gasteiger partial charge < -0.3 is 5.11 Å². The molecule has 5 nitrogen and oxygen atoms in total. The Hall–Kier alpha value is -2.25. The lowest BCUT2D eigenvalue weighted by atomic mass is 10.1. The predicted octanol–water partition coefficient (Wildman–Crippen LogP) is 2.68. The summed E-state index contributed by atoms with van der Waals surface area (Å²) in [4.78, 5) is 10.9. The number of carbonyl (C=O) groups is 1. The maximum absolute atomic E-state index is 14.2. The number of hydrogen-bond acceptors (Lipinski definition) is 3. The summed E-state index contributed by atoms with van der Waals surface area (Å²) in [5.41, 5.74) is 1.44. The van der Waals surface area contributed by atoms with Gasteiger partial charge in [0.1, 0.15) is 16.8 Å². The Morgan fingerprint density at radius 1 is 1.20 bits per heavy atom. The third-order valence-corrected chi connectivity index (χ3v) is 5.68. The molecule has 0 amide bonds. The fraction of sp³-hybridized carbons (Fsp3) is 0.278. The summed E-state index contributed by atoms with van der Waals surface area (Å²) in [6, 6.07) is 11.3. The second-order valence-electron chi connectivity index (χ2n) is 6.17. The van der Waals surface area contributed by atoms with Crippen LogP contribution in [0.15, 0.2) is 53.4 Å². The van der Waals surface area contributed by atoms with E-state index < -0.39 is 32.7 Å². The first kappa shape index (κ1) is 17.6. The second-order valence-corrected chi connectivity index (χ2v) is 7.85. The van der Waals surface area contributed by atoms with E-state index in [4.69, 9.17) is 0 Å². The number of aliphatic carboxylic acids is 1. The normalized spacial score (nSPS) is 15.7. The number of carboxylic acids is 1. The van der Waals surface area contributed by atoms with Crippen molar-refractivity contribution in [3.05, 3.63) is 65.5 Å². The van der Waals surface area contributed by atoms with Crippen molar-refractivity contribution in [2.75, 3.05) is 0 Å². The molecule has 7 heteroatoms. The number of benzene rings is 2. The molecule has 2 aromatic rings. The van der Waals surface area contributed by atoms with Gasteiger partial charge in [0.2, 0.25) is 10.0 Å². The molecule has 0 saturated heterocycles. The van der Waals surface area contributed by atoms with Gasteiger partial charge >= 0.3 is 5.97 Å². The van der Waals surface area contributed by atoms with Crippen LogP contribution >= 0.6 is 0 Å². The first-order valence-corrected chi connectivity index (χ1v) is 9.43. The maximum Gasteiger partial charge on any atom is 0.322 e. The van der Waals surface area contributed by atoms with Crippen LogP contribution in [-0.2, 0) is 21.2 Å². The zero-order valence-electron chi connectivity index (χ0n) is 13.4. The number of hydrogen-bond donors (Lipinski definition) is 2.